The first kappa shape index (κ1) is 20.1. The molecule has 124 valence electrons. The van der Waals surface area contributed by atoms with Crippen molar-refractivity contribution in [3.63, 3.8) is 0 Å². The van der Waals surface area contributed by atoms with Gasteiger partial charge < -0.3 is 16.8 Å². The number of aliphatic imine (C=N–C) groups is 2. The first-order valence-electron chi connectivity index (χ1n) is 5.87. The van der Waals surface area contributed by atoms with Crippen molar-refractivity contribution >= 4 is 39.6 Å². The van der Waals surface area contributed by atoms with Gasteiger partial charge in [0.1, 0.15) is 0 Å². The smallest absolute Gasteiger partial charge is 0.369 e. The van der Waals surface area contributed by atoms with E-state index in [-0.39, 0.29) is 18.0 Å². The molecule has 1 aromatic rings. The minimum Gasteiger partial charge on any atom is -0.369 e. The molecule has 0 saturated carbocycles. The molecule has 9 nitrogen and oxygen atoms in total. The minimum absolute atomic E-state index is 0.0853. The van der Waals surface area contributed by atoms with Crippen molar-refractivity contribution in [3.8, 4) is 0 Å². The van der Waals surface area contributed by atoms with E-state index in [1.807, 2.05) is 13.8 Å². The highest BCUT2D eigenvalue weighted by molar-refractivity contribution is 7.79. The van der Waals surface area contributed by atoms with Crippen LogP contribution in [0.25, 0.3) is 0 Å². The van der Waals surface area contributed by atoms with Gasteiger partial charge in [-0.25, -0.2) is 4.99 Å². The maximum Gasteiger partial charge on any atom is 0.394 e. The van der Waals surface area contributed by atoms with Gasteiger partial charge in [-0.15, -0.1) is 0 Å². The monoisotopic (exact) mass is 351 g/mol. The Morgan fingerprint density at radius 2 is 1.68 bits per heavy atom. The third kappa shape index (κ3) is 13.1. The highest BCUT2D eigenvalue weighted by Gasteiger charge is 1.97. The Morgan fingerprint density at radius 3 is 2.09 bits per heavy atom. The summed E-state index contributed by atoms with van der Waals surface area (Å²) < 4.78 is 31.6. The lowest BCUT2D eigenvalue weighted by Crippen LogP contribution is -2.26. The molecule has 0 aliphatic rings. The fourth-order valence-corrected chi connectivity index (χ4v) is 1.25. The van der Waals surface area contributed by atoms with Crippen molar-refractivity contribution in [3.05, 3.63) is 29.3 Å². The second-order valence-electron chi connectivity index (χ2n) is 4.16. The van der Waals surface area contributed by atoms with Gasteiger partial charge >= 0.3 is 10.4 Å². The largest absolute Gasteiger partial charge is 0.394 e. The van der Waals surface area contributed by atoms with Gasteiger partial charge in [-0.2, -0.15) is 13.4 Å². The van der Waals surface area contributed by atoms with E-state index in [4.69, 9.17) is 40.6 Å². The van der Waals surface area contributed by atoms with E-state index in [1.54, 1.807) is 24.3 Å². The zero-order chi connectivity index (χ0) is 17.3. The standard InChI is InChI=1S/C11H16ClN5.H2O4S/c1-7(2)15-10(13)17-11(14)16-9-5-3-8(12)4-6-9;1-5(2,3)4/h3-7H,1-2H3,(H5,13,14,15,16,17);(H2,1,2,3,4). The summed E-state index contributed by atoms with van der Waals surface area (Å²) in [6.45, 7) is 3.82. The molecule has 0 aromatic heterocycles. The quantitative estimate of drug-likeness (QED) is 0.303. The van der Waals surface area contributed by atoms with Gasteiger partial charge in [0.15, 0.2) is 0 Å². The summed E-state index contributed by atoms with van der Waals surface area (Å²) in [6, 6.07) is 7.17. The number of halogens is 1. The van der Waals surface area contributed by atoms with Crippen LogP contribution in [0, 0.1) is 0 Å². The molecular formula is C11H18ClN5O4S. The zero-order valence-electron chi connectivity index (χ0n) is 11.9. The fraction of sp³-hybridized carbons (Fsp3) is 0.273. The Balaban J connectivity index is 0.000000763. The lowest BCUT2D eigenvalue weighted by molar-refractivity contribution is 0.381. The highest BCUT2D eigenvalue weighted by Crippen LogP contribution is 2.12. The second kappa shape index (κ2) is 9.20. The van der Waals surface area contributed by atoms with Crippen molar-refractivity contribution in [2.24, 2.45) is 21.5 Å². The molecule has 11 heteroatoms. The summed E-state index contributed by atoms with van der Waals surface area (Å²) >= 11 is 5.76. The molecule has 0 heterocycles. The number of benzene rings is 1. The normalized spacial score (nSPS) is 12.6. The maximum atomic E-state index is 8.74. The van der Waals surface area contributed by atoms with Crippen molar-refractivity contribution < 1.29 is 17.5 Å². The molecule has 0 amide bonds. The maximum absolute atomic E-state index is 8.74. The van der Waals surface area contributed by atoms with Gasteiger partial charge in [0.05, 0.1) is 0 Å². The molecule has 0 spiro atoms. The molecule has 1 aromatic carbocycles. The predicted molar refractivity (Wildman–Crippen MR) is 87.6 cm³/mol. The molecule has 1 rings (SSSR count). The molecule has 0 aliphatic carbocycles. The minimum atomic E-state index is -4.67. The molecule has 22 heavy (non-hydrogen) atoms. The molecule has 7 N–H and O–H groups in total. The van der Waals surface area contributed by atoms with Crippen molar-refractivity contribution in [2.45, 2.75) is 19.9 Å². The fourth-order valence-electron chi connectivity index (χ4n) is 1.13. The number of hydrogen-bond donors (Lipinski definition) is 5. The van der Waals surface area contributed by atoms with Gasteiger partial charge in [0.25, 0.3) is 0 Å². The molecule has 0 atom stereocenters. The van der Waals surface area contributed by atoms with Crippen LogP contribution >= 0.6 is 11.6 Å². The Hall–Kier alpha value is -1.88. The molecule has 0 aliphatic heterocycles. The van der Waals surface area contributed by atoms with Gasteiger partial charge in [0, 0.05) is 16.8 Å². The van der Waals surface area contributed by atoms with Crippen LogP contribution in [0.3, 0.4) is 0 Å². The third-order valence-electron chi connectivity index (χ3n) is 1.74. The summed E-state index contributed by atoms with van der Waals surface area (Å²) in [5, 5.41) is 3.54. The van der Waals surface area contributed by atoms with Crippen LogP contribution < -0.4 is 16.8 Å². The van der Waals surface area contributed by atoms with Gasteiger partial charge in [-0.05, 0) is 38.1 Å². The van der Waals surface area contributed by atoms with Crippen LogP contribution in [-0.2, 0) is 10.4 Å². The molecule has 0 unspecified atom stereocenters. The number of nitrogens with zero attached hydrogens (tertiary/aromatic N) is 2. The van der Waals surface area contributed by atoms with Crippen LogP contribution in [-0.4, -0.2) is 35.5 Å². The average molecular weight is 352 g/mol. The average Bonchev–Trinajstić information content (AvgIpc) is 2.28. The summed E-state index contributed by atoms with van der Waals surface area (Å²) in [7, 11) is -4.67. The topological polar surface area (TPSA) is 163 Å². The Labute approximate surface area is 133 Å². The Morgan fingerprint density at radius 1 is 1.23 bits per heavy atom. The zero-order valence-corrected chi connectivity index (χ0v) is 13.5. The number of hydrogen-bond acceptors (Lipinski definition) is 3. The second-order valence-corrected chi connectivity index (χ2v) is 5.49. The molecule has 0 fully saturated rings. The van der Waals surface area contributed by atoms with E-state index in [9.17, 15) is 0 Å². The summed E-state index contributed by atoms with van der Waals surface area (Å²) in [6.07, 6.45) is 0. The molecular weight excluding hydrogens is 334 g/mol. The summed E-state index contributed by atoms with van der Waals surface area (Å²) in [5.74, 6) is 0.341. The van der Waals surface area contributed by atoms with Crippen molar-refractivity contribution in [2.75, 3.05) is 5.32 Å². The number of guanidine groups is 2. The first-order chi connectivity index (χ1) is 9.97. The lowest BCUT2D eigenvalue weighted by Gasteiger charge is -2.05. The highest BCUT2D eigenvalue weighted by atomic mass is 35.5. The van der Waals surface area contributed by atoms with Gasteiger partial charge in [0.2, 0.25) is 11.9 Å². The molecule has 0 saturated heterocycles. The van der Waals surface area contributed by atoms with E-state index >= 15 is 0 Å². The van der Waals surface area contributed by atoms with Crippen LogP contribution in [0.5, 0.6) is 0 Å². The van der Waals surface area contributed by atoms with E-state index in [0.717, 1.165) is 5.69 Å². The van der Waals surface area contributed by atoms with E-state index < -0.39 is 10.4 Å². The van der Waals surface area contributed by atoms with E-state index in [2.05, 4.69) is 15.3 Å². The Kier molecular flexibility index (Phi) is 8.42. The van der Waals surface area contributed by atoms with Gasteiger partial charge in [-0.3, -0.25) is 9.11 Å². The first-order valence-corrected chi connectivity index (χ1v) is 7.64. The van der Waals surface area contributed by atoms with Crippen LogP contribution in [0.15, 0.2) is 34.3 Å². The SMILES string of the molecule is CC(C)N=C(N)N=C(N)Nc1ccc(Cl)cc1.O=S(=O)(O)O. The van der Waals surface area contributed by atoms with E-state index in [0.29, 0.717) is 5.02 Å². The lowest BCUT2D eigenvalue weighted by atomic mass is 10.3. The molecule has 0 radical (unpaired) electrons. The number of nitrogens with one attached hydrogen (secondary N) is 1. The van der Waals surface area contributed by atoms with Crippen LogP contribution in [0.4, 0.5) is 5.69 Å². The van der Waals surface area contributed by atoms with Crippen molar-refractivity contribution in [1.29, 1.82) is 0 Å². The summed E-state index contributed by atoms with van der Waals surface area (Å²) in [5.41, 5.74) is 12.0. The predicted octanol–water partition coefficient (Wildman–Crippen LogP) is 1.14. The summed E-state index contributed by atoms with van der Waals surface area (Å²) in [4.78, 5) is 7.95. The van der Waals surface area contributed by atoms with E-state index in [1.165, 1.54) is 0 Å². The molecule has 0 bridgehead atoms. The number of rotatable bonds is 2. The Bertz CT molecular complexity index is 620. The van der Waals surface area contributed by atoms with Crippen LogP contribution in [0.1, 0.15) is 13.8 Å². The number of nitrogens with two attached hydrogens (primary N) is 2. The van der Waals surface area contributed by atoms with Crippen molar-refractivity contribution in [1.82, 2.24) is 0 Å². The van der Waals surface area contributed by atoms with Gasteiger partial charge in [-0.1, -0.05) is 11.6 Å². The third-order valence-corrected chi connectivity index (χ3v) is 1.99. The number of anilines is 1. The van der Waals surface area contributed by atoms with Crippen LogP contribution in [0.2, 0.25) is 5.02 Å².